The number of urea groups is 1. The van der Waals surface area contributed by atoms with Gasteiger partial charge in [0.05, 0.1) is 6.10 Å². The number of hydrogen-bond donors (Lipinski definition) is 2. The zero-order chi connectivity index (χ0) is 13.8. The molecule has 1 unspecified atom stereocenters. The van der Waals surface area contributed by atoms with E-state index in [9.17, 15) is 9.90 Å². The van der Waals surface area contributed by atoms with E-state index in [2.05, 4.69) is 5.32 Å². The Balaban J connectivity index is 1.75. The summed E-state index contributed by atoms with van der Waals surface area (Å²) in [4.78, 5) is 13.4. The third kappa shape index (κ3) is 4.24. The van der Waals surface area contributed by atoms with Crippen LogP contribution >= 0.6 is 0 Å². The van der Waals surface area contributed by atoms with Gasteiger partial charge in [-0.15, -0.1) is 0 Å². The maximum Gasteiger partial charge on any atom is 0.317 e. The summed E-state index contributed by atoms with van der Waals surface area (Å²) < 4.78 is 0. The number of rotatable bonds is 5. The molecule has 1 saturated carbocycles. The van der Waals surface area contributed by atoms with Gasteiger partial charge in [0.2, 0.25) is 0 Å². The molecule has 2 N–H and O–H groups in total. The van der Waals surface area contributed by atoms with E-state index < -0.39 is 0 Å². The van der Waals surface area contributed by atoms with Crippen LogP contribution < -0.4 is 5.32 Å². The Hall–Kier alpha value is -1.55. The van der Waals surface area contributed by atoms with Gasteiger partial charge in [-0.25, -0.2) is 4.79 Å². The van der Waals surface area contributed by atoms with Gasteiger partial charge >= 0.3 is 6.03 Å². The van der Waals surface area contributed by atoms with Crippen molar-refractivity contribution in [3.8, 4) is 0 Å². The third-order valence-electron chi connectivity index (χ3n) is 3.54. The van der Waals surface area contributed by atoms with Gasteiger partial charge in [-0.3, -0.25) is 0 Å². The number of aryl methyl sites for hydroxylation is 1. The highest BCUT2D eigenvalue weighted by molar-refractivity contribution is 5.73. The monoisotopic (exact) mass is 262 g/mol. The third-order valence-corrected chi connectivity index (χ3v) is 3.54. The molecule has 1 aromatic rings. The van der Waals surface area contributed by atoms with E-state index in [0.717, 1.165) is 18.4 Å². The zero-order valence-corrected chi connectivity index (χ0v) is 11.6. The summed E-state index contributed by atoms with van der Waals surface area (Å²) in [5.41, 5.74) is 2.29. The van der Waals surface area contributed by atoms with Crippen molar-refractivity contribution in [3.63, 3.8) is 0 Å². The Morgan fingerprint density at radius 3 is 2.63 bits per heavy atom. The minimum atomic E-state index is -0.380. The molecule has 1 aliphatic carbocycles. The molecule has 0 bridgehead atoms. The summed E-state index contributed by atoms with van der Waals surface area (Å²) >= 11 is 0. The molecule has 1 aliphatic rings. The molecule has 2 amide bonds. The Labute approximate surface area is 114 Å². The quantitative estimate of drug-likeness (QED) is 0.851. The second-order valence-corrected chi connectivity index (χ2v) is 5.43. The number of aliphatic hydroxyl groups is 1. The van der Waals surface area contributed by atoms with E-state index in [1.54, 1.807) is 11.9 Å². The van der Waals surface area contributed by atoms with Crippen LogP contribution in [0.2, 0.25) is 0 Å². The van der Waals surface area contributed by atoms with E-state index >= 15 is 0 Å². The Morgan fingerprint density at radius 2 is 2.05 bits per heavy atom. The van der Waals surface area contributed by atoms with Gasteiger partial charge in [0.1, 0.15) is 0 Å². The summed E-state index contributed by atoms with van der Waals surface area (Å²) in [5, 5.41) is 12.7. The van der Waals surface area contributed by atoms with Gasteiger partial charge in [0, 0.05) is 20.1 Å². The highest BCUT2D eigenvalue weighted by Crippen LogP contribution is 2.32. The average molecular weight is 262 g/mol. The molecule has 0 saturated heterocycles. The van der Waals surface area contributed by atoms with Crippen LogP contribution in [0, 0.1) is 12.8 Å². The van der Waals surface area contributed by atoms with Gasteiger partial charge in [-0.05, 0) is 31.2 Å². The van der Waals surface area contributed by atoms with Crippen molar-refractivity contribution >= 4 is 6.03 Å². The van der Waals surface area contributed by atoms with Gasteiger partial charge < -0.3 is 15.3 Å². The summed E-state index contributed by atoms with van der Waals surface area (Å²) in [6.45, 7) is 2.96. The lowest BCUT2D eigenvalue weighted by Gasteiger charge is -2.21. The summed E-state index contributed by atoms with van der Waals surface area (Å²) in [6, 6.07) is 7.94. The molecular formula is C15H22N2O2. The van der Waals surface area contributed by atoms with Crippen LogP contribution in [0.5, 0.6) is 0 Å². The standard InChI is InChI=1S/C15H22N2O2/c1-11-3-5-12(6-4-11)9-16-15(19)17(2)10-14(18)13-7-8-13/h3-6,13-14,18H,7-10H2,1-2H3,(H,16,19). The number of aliphatic hydroxyl groups excluding tert-OH is 1. The molecule has 0 radical (unpaired) electrons. The molecule has 0 spiro atoms. The molecule has 0 aromatic heterocycles. The van der Waals surface area contributed by atoms with Crippen molar-refractivity contribution in [1.82, 2.24) is 10.2 Å². The van der Waals surface area contributed by atoms with E-state index in [0.29, 0.717) is 19.0 Å². The van der Waals surface area contributed by atoms with E-state index in [-0.39, 0.29) is 12.1 Å². The van der Waals surface area contributed by atoms with Crippen molar-refractivity contribution in [2.75, 3.05) is 13.6 Å². The van der Waals surface area contributed by atoms with Crippen molar-refractivity contribution in [3.05, 3.63) is 35.4 Å². The number of amides is 2. The van der Waals surface area contributed by atoms with E-state index in [1.165, 1.54) is 5.56 Å². The molecule has 1 aromatic carbocycles. The maximum absolute atomic E-state index is 11.9. The van der Waals surface area contributed by atoms with Gasteiger partial charge in [0.25, 0.3) is 0 Å². The number of hydrogen-bond acceptors (Lipinski definition) is 2. The second kappa shape index (κ2) is 6.06. The minimum absolute atomic E-state index is 0.139. The van der Waals surface area contributed by atoms with Gasteiger partial charge in [-0.1, -0.05) is 29.8 Å². The van der Waals surface area contributed by atoms with Gasteiger partial charge in [0.15, 0.2) is 0 Å². The smallest absolute Gasteiger partial charge is 0.317 e. The van der Waals surface area contributed by atoms with Crippen LogP contribution in [-0.2, 0) is 6.54 Å². The zero-order valence-electron chi connectivity index (χ0n) is 11.6. The first-order valence-electron chi connectivity index (χ1n) is 6.79. The van der Waals surface area contributed by atoms with Crippen molar-refractivity contribution < 1.29 is 9.90 Å². The lowest BCUT2D eigenvalue weighted by Crippen LogP contribution is -2.41. The first-order valence-corrected chi connectivity index (χ1v) is 6.79. The van der Waals surface area contributed by atoms with Crippen LogP contribution in [-0.4, -0.2) is 35.7 Å². The Morgan fingerprint density at radius 1 is 1.42 bits per heavy atom. The number of nitrogens with zero attached hydrogens (tertiary/aromatic N) is 1. The van der Waals surface area contributed by atoms with Gasteiger partial charge in [-0.2, -0.15) is 0 Å². The Bertz CT molecular complexity index is 426. The number of benzene rings is 1. The Kier molecular flexibility index (Phi) is 4.43. The van der Waals surface area contributed by atoms with E-state index in [4.69, 9.17) is 0 Å². The van der Waals surface area contributed by atoms with Crippen LogP contribution in [0.15, 0.2) is 24.3 Å². The number of carbonyl (C=O) groups is 1. The summed E-state index contributed by atoms with van der Waals surface area (Å²) in [5.74, 6) is 0.396. The topological polar surface area (TPSA) is 52.6 Å². The number of likely N-dealkylation sites (N-methyl/N-ethyl adjacent to an activating group) is 1. The number of carbonyl (C=O) groups excluding carboxylic acids is 1. The predicted molar refractivity (Wildman–Crippen MR) is 74.8 cm³/mol. The molecule has 2 rings (SSSR count). The molecule has 19 heavy (non-hydrogen) atoms. The summed E-state index contributed by atoms with van der Waals surface area (Å²) in [7, 11) is 1.72. The molecule has 0 aliphatic heterocycles. The largest absolute Gasteiger partial charge is 0.391 e. The van der Waals surface area contributed by atoms with Crippen molar-refractivity contribution in [1.29, 1.82) is 0 Å². The highest BCUT2D eigenvalue weighted by atomic mass is 16.3. The SMILES string of the molecule is Cc1ccc(CNC(=O)N(C)CC(O)C2CC2)cc1. The molecule has 1 atom stereocenters. The fourth-order valence-electron chi connectivity index (χ4n) is 2.01. The first-order chi connectivity index (χ1) is 9.06. The molecule has 4 heteroatoms. The molecular weight excluding hydrogens is 240 g/mol. The molecule has 104 valence electrons. The highest BCUT2D eigenvalue weighted by Gasteiger charge is 2.31. The lowest BCUT2D eigenvalue weighted by molar-refractivity contribution is 0.113. The second-order valence-electron chi connectivity index (χ2n) is 5.43. The number of nitrogens with one attached hydrogen (secondary N) is 1. The van der Waals surface area contributed by atoms with Crippen molar-refractivity contribution in [2.24, 2.45) is 5.92 Å². The average Bonchev–Trinajstić information content (AvgIpc) is 3.21. The molecule has 1 fully saturated rings. The summed E-state index contributed by atoms with van der Waals surface area (Å²) in [6.07, 6.45) is 1.79. The lowest BCUT2D eigenvalue weighted by atomic mass is 10.1. The van der Waals surface area contributed by atoms with Crippen LogP contribution in [0.25, 0.3) is 0 Å². The van der Waals surface area contributed by atoms with Crippen LogP contribution in [0.4, 0.5) is 4.79 Å². The normalized spacial score (nSPS) is 15.9. The fourth-order valence-corrected chi connectivity index (χ4v) is 2.01. The van der Waals surface area contributed by atoms with E-state index in [1.807, 2.05) is 31.2 Å². The van der Waals surface area contributed by atoms with Crippen LogP contribution in [0.1, 0.15) is 24.0 Å². The van der Waals surface area contributed by atoms with Crippen molar-refractivity contribution in [2.45, 2.75) is 32.4 Å². The van der Waals surface area contributed by atoms with Crippen LogP contribution in [0.3, 0.4) is 0 Å². The molecule has 4 nitrogen and oxygen atoms in total. The molecule has 0 heterocycles. The fraction of sp³-hybridized carbons (Fsp3) is 0.533. The predicted octanol–water partition coefficient (Wildman–Crippen LogP) is 1.91. The minimum Gasteiger partial charge on any atom is -0.391 e. The maximum atomic E-state index is 11.9. The first kappa shape index (κ1) is 13.9.